The summed E-state index contributed by atoms with van der Waals surface area (Å²) in [6.07, 6.45) is 0. The van der Waals surface area contributed by atoms with E-state index in [9.17, 15) is 0 Å². The van der Waals surface area contributed by atoms with Crippen molar-refractivity contribution < 1.29 is 34.5 Å². The second-order valence-corrected chi connectivity index (χ2v) is 0. The third-order valence-corrected chi connectivity index (χ3v) is 0. The molecular weight excluding hydrogens is 198 g/mol. The second-order valence-electron chi connectivity index (χ2n) is 0. The molecule has 0 fully saturated rings. The third-order valence-electron chi connectivity index (χ3n) is 0. The van der Waals surface area contributed by atoms with Crippen molar-refractivity contribution in [2.45, 2.75) is 0 Å². The first-order valence-electron chi connectivity index (χ1n) is 0.418. The van der Waals surface area contributed by atoms with Gasteiger partial charge in [-0.15, -0.1) is 0 Å². The molecule has 0 aromatic heterocycles. The summed E-state index contributed by atoms with van der Waals surface area (Å²) in [6, 6.07) is 0. The minimum absolute atomic E-state index is 0.611. The molecule has 0 rings (SSSR count). The summed E-state index contributed by atoms with van der Waals surface area (Å²) in [5.41, 5.74) is 0. The van der Waals surface area contributed by atoms with Gasteiger partial charge in [-0.2, -0.15) is 0 Å². The molecule has 0 unspecified atom stereocenters. The Hall–Kier alpha value is 1.51. The minimum atomic E-state index is 0.611. The van der Waals surface area contributed by atoms with Gasteiger partial charge in [0.05, 0.1) is 0 Å². The maximum absolute atomic E-state index is 8.28. The zero-order chi connectivity index (χ0) is 4.00. The Balaban J connectivity index is 0. The van der Waals surface area contributed by atoms with E-state index in [0.717, 1.165) is 0 Å². The molecule has 0 aliphatic rings. The van der Waals surface area contributed by atoms with E-state index in [2.05, 4.69) is 12.9 Å². The summed E-state index contributed by atoms with van der Waals surface area (Å²) in [6.45, 7) is 0. The molecule has 0 saturated heterocycles. The monoisotopic (exact) mass is 200 g/mol. The van der Waals surface area contributed by atoms with Crippen molar-refractivity contribution in [3.05, 3.63) is 0 Å². The van der Waals surface area contributed by atoms with Crippen molar-refractivity contribution in [2.75, 3.05) is 0 Å². The molecule has 4 heavy (non-hydrogen) atoms. The number of hydrogen-bond acceptors (Lipinski definition) is 1. The fourth-order valence-corrected chi connectivity index (χ4v) is 0. The molecule has 0 aliphatic heterocycles. The summed E-state index contributed by atoms with van der Waals surface area (Å²) >= 11 is 6.07. The van der Waals surface area contributed by atoms with Gasteiger partial charge < -0.3 is 0 Å². The zero-order valence-corrected chi connectivity index (χ0v) is 6.25. The van der Waals surface area contributed by atoms with Crippen LogP contribution in [0.5, 0.6) is 0 Å². The Labute approximate surface area is 50.5 Å². The van der Waals surface area contributed by atoms with Crippen LogP contribution in [-0.2, 0) is 34.5 Å². The van der Waals surface area contributed by atoms with Crippen molar-refractivity contribution in [1.29, 1.82) is 0 Å². The van der Waals surface area contributed by atoms with Gasteiger partial charge in [0.15, 0.2) is 0 Å². The SMILES string of the molecule is [Ni][Mo].[O]=[AlH]. The van der Waals surface area contributed by atoms with Crippen LogP contribution in [0.4, 0.5) is 0 Å². The van der Waals surface area contributed by atoms with E-state index in [1.54, 1.807) is 17.9 Å². The van der Waals surface area contributed by atoms with Gasteiger partial charge in [-0.1, -0.05) is 0 Å². The molecule has 0 radical (unpaired) electrons. The Kier molecular flexibility index (Phi) is 55.3. The van der Waals surface area contributed by atoms with E-state index in [1.807, 2.05) is 0 Å². The summed E-state index contributed by atoms with van der Waals surface area (Å²) < 4.78 is 8.28. The zero-order valence-electron chi connectivity index (χ0n) is 1.84. The molecule has 0 saturated carbocycles. The van der Waals surface area contributed by atoms with Gasteiger partial charge in [0.25, 0.3) is 0 Å². The molecule has 0 aromatic rings. The van der Waals surface area contributed by atoms with Gasteiger partial charge in [-0.05, 0) is 0 Å². The van der Waals surface area contributed by atoms with Crippen LogP contribution in [0.25, 0.3) is 0 Å². The maximum atomic E-state index is 8.28. The van der Waals surface area contributed by atoms with Crippen LogP contribution in [0.1, 0.15) is 0 Å². The fourth-order valence-electron chi connectivity index (χ4n) is 0. The molecule has 26 valence electrons. The van der Waals surface area contributed by atoms with Gasteiger partial charge in [0.2, 0.25) is 0 Å². The van der Waals surface area contributed by atoms with Crippen LogP contribution in [0.3, 0.4) is 0 Å². The van der Waals surface area contributed by atoms with E-state index in [-0.39, 0.29) is 0 Å². The topological polar surface area (TPSA) is 17.1 Å². The van der Waals surface area contributed by atoms with E-state index >= 15 is 0 Å². The first-order valence-corrected chi connectivity index (χ1v) is 4.02. The van der Waals surface area contributed by atoms with E-state index in [0.29, 0.717) is 16.2 Å². The molecule has 0 N–H and O–H groups in total. The van der Waals surface area contributed by atoms with Crippen LogP contribution < -0.4 is 0 Å². The predicted molar refractivity (Wildman–Crippen MR) is 7.84 cm³/mol. The van der Waals surface area contributed by atoms with E-state index < -0.39 is 0 Å². The van der Waals surface area contributed by atoms with Crippen molar-refractivity contribution in [3.8, 4) is 0 Å². The summed E-state index contributed by atoms with van der Waals surface area (Å²) in [7, 11) is 0. The molecule has 0 aliphatic carbocycles. The van der Waals surface area contributed by atoms with Crippen molar-refractivity contribution in [2.24, 2.45) is 0 Å². The Morgan fingerprint density at radius 2 is 1.50 bits per heavy atom. The van der Waals surface area contributed by atoms with Crippen LogP contribution >= 0.6 is 0 Å². The molecule has 0 aromatic carbocycles. The standard InChI is InChI=1S/Al.Mo.Ni.O.H. The fraction of sp³-hybridized carbons (Fsp3) is 0. The van der Waals surface area contributed by atoms with Gasteiger partial charge in [0, 0.05) is 0 Å². The van der Waals surface area contributed by atoms with Crippen LogP contribution in [-0.4, -0.2) is 16.2 Å². The molecule has 4 heteroatoms. The van der Waals surface area contributed by atoms with Gasteiger partial charge >= 0.3 is 50.8 Å². The van der Waals surface area contributed by atoms with E-state index in [1.165, 1.54) is 0 Å². The first kappa shape index (κ1) is 9.10. The third kappa shape index (κ3) is 9.69. The molecule has 0 heterocycles. The molecular formula is HAlMoNiO. The average Bonchev–Trinajstić information content (AvgIpc) is 1.50. The van der Waals surface area contributed by atoms with E-state index in [4.69, 9.17) is 3.80 Å². The van der Waals surface area contributed by atoms with Crippen LogP contribution in [0.15, 0.2) is 0 Å². The van der Waals surface area contributed by atoms with Crippen LogP contribution in [0, 0.1) is 0 Å². The van der Waals surface area contributed by atoms with Crippen LogP contribution in [0.2, 0.25) is 0 Å². The van der Waals surface area contributed by atoms with Gasteiger partial charge in [0.1, 0.15) is 0 Å². The number of rotatable bonds is 0. The van der Waals surface area contributed by atoms with Crippen molar-refractivity contribution >= 4 is 16.2 Å². The quantitative estimate of drug-likeness (QED) is 0.467. The molecule has 0 amide bonds. The van der Waals surface area contributed by atoms with Gasteiger partial charge in [-0.25, -0.2) is 0 Å². The molecule has 1 nitrogen and oxygen atoms in total. The van der Waals surface area contributed by atoms with Gasteiger partial charge in [-0.3, -0.25) is 0 Å². The summed E-state index contributed by atoms with van der Waals surface area (Å²) in [5, 5.41) is 0. The molecule has 0 spiro atoms. The number of hydrogen-bond donors (Lipinski definition) is 0. The Morgan fingerprint density at radius 1 is 1.50 bits per heavy atom. The molecule has 0 atom stereocenters. The summed E-state index contributed by atoms with van der Waals surface area (Å²) in [5.74, 6) is 0. The Bertz CT molecular complexity index is 8.00. The predicted octanol–water partition coefficient (Wildman–Crippen LogP) is -0.772. The van der Waals surface area contributed by atoms with Crippen molar-refractivity contribution in [1.82, 2.24) is 0 Å². The van der Waals surface area contributed by atoms with Crippen molar-refractivity contribution in [3.63, 3.8) is 0 Å². The second kappa shape index (κ2) is 24.3. The molecule has 0 bridgehead atoms. The Morgan fingerprint density at radius 3 is 1.50 bits per heavy atom. The normalized spacial score (nSPS) is 2.25. The summed E-state index contributed by atoms with van der Waals surface area (Å²) in [4.78, 5) is 0. The average molecular weight is 199 g/mol. The first-order chi connectivity index (χ1) is 2.00.